The molecular weight excluding hydrogens is 274 g/mol. The van der Waals surface area contributed by atoms with Crippen molar-refractivity contribution in [1.29, 1.82) is 0 Å². The van der Waals surface area contributed by atoms with Crippen molar-refractivity contribution in [3.63, 3.8) is 0 Å². The minimum Gasteiger partial charge on any atom is -0.494 e. The van der Waals surface area contributed by atoms with Crippen molar-refractivity contribution in [2.75, 3.05) is 11.9 Å². The molecule has 0 bridgehead atoms. The number of amides is 1. The van der Waals surface area contributed by atoms with Crippen LogP contribution >= 0.6 is 0 Å². The van der Waals surface area contributed by atoms with Gasteiger partial charge in [-0.2, -0.15) is 0 Å². The van der Waals surface area contributed by atoms with E-state index in [1.807, 2.05) is 31.2 Å². The zero-order valence-electron chi connectivity index (χ0n) is 13.4. The third-order valence-electron chi connectivity index (χ3n) is 3.78. The molecule has 0 aromatic heterocycles. The molecular formula is C19H23NO2. The molecule has 0 fully saturated rings. The van der Waals surface area contributed by atoms with Crippen molar-refractivity contribution in [3.8, 4) is 5.75 Å². The molecule has 0 radical (unpaired) electrons. The number of carbonyl (C=O) groups excluding carboxylic acids is 1. The first-order valence-electron chi connectivity index (χ1n) is 7.78. The van der Waals surface area contributed by atoms with Gasteiger partial charge in [0.1, 0.15) is 5.75 Å². The molecule has 2 aromatic carbocycles. The lowest BCUT2D eigenvalue weighted by atomic mass is 9.98. The van der Waals surface area contributed by atoms with Crippen LogP contribution in [0.4, 0.5) is 5.69 Å². The fourth-order valence-corrected chi connectivity index (χ4v) is 2.20. The van der Waals surface area contributed by atoms with Crippen LogP contribution in [0, 0.1) is 0 Å². The lowest BCUT2D eigenvalue weighted by molar-refractivity contribution is 0.102. The van der Waals surface area contributed by atoms with E-state index < -0.39 is 0 Å². The van der Waals surface area contributed by atoms with E-state index in [0.29, 0.717) is 18.1 Å². The summed E-state index contributed by atoms with van der Waals surface area (Å²) >= 11 is 0. The predicted octanol–water partition coefficient (Wildman–Crippen LogP) is 4.85. The summed E-state index contributed by atoms with van der Waals surface area (Å²) in [6.45, 7) is 6.93. The van der Waals surface area contributed by atoms with Crippen LogP contribution in [0.25, 0.3) is 0 Å². The monoisotopic (exact) mass is 297 g/mol. The molecule has 0 aliphatic heterocycles. The summed E-state index contributed by atoms with van der Waals surface area (Å²) in [6, 6.07) is 15.2. The summed E-state index contributed by atoms with van der Waals surface area (Å²) in [4.78, 5) is 12.2. The normalized spacial score (nSPS) is 11.8. The van der Waals surface area contributed by atoms with E-state index in [-0.39, 0.29) is 5.91 Å². The first kappa shape index (κ1) is 16.1. The second kappa shape index (κ2) is 7.64. The summed E-state index contributed by atoms with van der Waals surface area (Å²) in [5.74, 6) is 1.20. The molecule has 0 heterocycles. The van der Waals surface area contributed by atoms with Crippen LogP contribution in [-0.2, 0) is 0 Å². The smallest absolute Gasteiger partial charge is 0.255 e. The highest BCUT2D eigenvalue weighted by molar-refractivity contribution is 6.04. The summed E-state index contributed by atoms with van der Waals surface area (Å²) < 4.78 is 5.37. The topological polar surface area (TPSA) is 38.3 Å². The van der Waals surface area contributed by atoms with Crippen LogP contribution < -0.4 is 10.1 Å². The second-order valence-corrected chi connectivity index (χ2v) is 5.34. The molecule has 1 atom stereocenters. The number of carbonyl (C=O) groups is 1. The third kappa shape index (κ3) is 4.10. The average Bonchev–Trinajstić information content (AvgIpc) is 2.55. The van der Waals surface area contributed by atoms with Crippen LogP contribution in [-0.4, -0.2) is 12.5 Å². The number of ether oxygens (including phenoxy) is 1. The van der Waals surface area contributed by atoms with E-state index in [0.717, 1.165) is 17.9 Å². The van der Waals surface area contributed by atoms with Crippen LogP contribution in [0.1, 0.15) is 49.0 Å². The van der Waals surface area contributed by atoms with Crippen molar-refractivity contribution in [1.82, 2.24) is 0 Å². The Kier molecular flexibility index (Phi) is 5.59. The van der Waals surface area contributed by atoms with Gasteiger partial charge in [-0.15, -0.1) is 0 Å². The number of benzene rings is 2. The summed E-state index contributed by atoms with van der Waals surface area (Å²) in [6.07, 6.45) is 1.11. The molecule has 0 spiro atoms. The average molecular weight is 297 g/mol. The van der Waals surface area contributed by atoms with Gasteiger partial charge in [0.2, 0.25) is 0 Å². The highest BCUT2D eigenvalue weighted by Gasteiger charge is 2.07. The Morgan fingerprint density at radius 3 is 2.23 bits per heavy atom. The molecule has 1 amide bonds. The Balaban J connectivity index is 2.02. The fourth-order valence-electron chi connectivity index (χ4n) is 2.20. The molecule has 0 unspecified atom stereocenters. The first-order chi connectivity index (χ1) is 10.6. The lowest BCUT2D eigenvalue weighted by Crippen LogP contribution is -2.11. The molecule has 2 rings (SSSR count). The molecule has 0 aliphatic rings. The Labute approximate surface area is 132 Å². The van der Waals surface area contributed by atoms with Crippen molar-refractivity contribution in [2.24, 2.45) is 0 Å². The van der Waals surface area contributed by atoms with Crippen LogP contribution in [0.15, 0.2) is 48.5 Å². The number of anilines is 1. The van der Waals surface area contributed by atoms with Crippen LogP contribution in [0.5, 0.6) is 5.75 Å². The minimum absolute atomic E-state index is 0.112. The van der Waals surface area contributed by atoms with Crippen molar-refractivity contribution >= 4 is 11.6 Å². The van der Waals surface area contributed by atoms with Gasteiger partial charge in [0, 0.05) is 11.3 Å². The quantitative estimate of drug-likeness (QED) is 0.827. The number of hydrogen-bond donors (Lipinski definition) is 1. The largest absolute Gasteiger partial charge is 0.494 e. The van der Waals surface area contributed by atoms with E-state index in [1.54, 1.807) is 12.1 Å². The van der Waals surface area contributed by atoms with E-state index >= 15 is 0 Å². The van der Waals surface area contributed by atoms with Gasteiger partial charge in [-0.05, 0) is 61.2 Å². The van der Waals surface area contributed by atoms with Crippen LogP contribution in [0.3, 0.4) is 0 Å². The van der Waals surface area contributed by atoms with E-state index in [1.165, 1.54) is 5.56 Å². The van der Waals surface area contributed by atoms with Gasteiger partial charge >= 0.3 is 0 Å². The fraction of sp³-hybridized carbons (Fsp3) is 0.316. The Morgan fingerprint density at radius 2 is 1.68 bits per heavy atom. The van der Waals surface area contributed by atoms with E-state index in [9.17, 15) is 4.79 Å². The van der Waals surface area contributed by atoms with E-state index in [4.69, 9.17) is 4.74 Å². The van der Waals surface area contributed by atoms with Gasteiger partial charge < -0.3 is 10.1 Å². The van der Waals surface area contributed by atoms with E-state index in [2.05, 4.69) is 31.3 Å². The van der Waals surface area contributed by atoms with Gasteiger partial charge in [0.25, 0.3) is 5.91 Å². The minimum atomic E-state index is -0.112. The molecule has 116 valence electrons. The Hall–Kier alpha value is -2.29. The maximum Gasteiger partial charge on any atom is 0.255 e. The molecule has 3 nitrogen and oxygen atoms in total. The second-order valence-electron chi connectivity index (χ2n) is 5.34. The maximum absolute atomic E-state index is 12.2. The zero-order chi connectivity index (χ0) is 15.9. The van der Waals surface area contributed by atoms with Gasteiger partial charge in [-0.3, -0.25) is 4.79 Å². The maximum atomic E-state index is 12.2. The van der Waals surface area contributed by atoms with Crippen molar-refractivity contribution in [2.45, 2.75) is 33.1 Å². The predicted molar refractivity (Wildman–Crippen MR) is 90.7 cm³/mol. The van der Waals surface area contributed by atoms with Gasteiger partial charge in [0.05, 0.1) is 6.61 Å². The summed E-state index contributed by atoms with van der Waals surface area (Å²) in [5.41, 5.74) is 2.72. The number of rotatable bonds is 6. The Bertz CT molecular complexity index is 602. The molecule has 0 saturated carbocycles. The third-order valence-corrected chi connectivity index (χ3v) is 3.78. The van der Waals surface area contributed by atoms with Gasteiger partial charge in [-0.1, -0.05) is 26.0 Å². The van der Waals surface area contributed by atoms with Crippen molar-refractivity contribution < 1.29 is 9.53 Å². The molecule has 0 aliphatic carbocycles. The molecule has 1 N–H and O–H groups in total. The zero-order valence-corrected chi connectivity index (χ0v) is 13.4. The number of nitrogens with one attached hydrogen (secondary N) is 1. The van der Waals surface area contributed by atoms with Gasteiger partial charge in [-0.25, -0.2) is 0 Å². The standard InChI is InChI=1S/C19H23NO2/c1-4-14(3)15-6-10-17(11-7-15)20-19(21)16-8-12-18(13-9-16)22-5-2/h6-14H,4-5H2,1-3H3,(H,20,21)/t14-/m0/s1. The summed E-state index contributed by atoms with van der Waals surface area (Å²) in [7, 11) is 0. The number of hydrogen-bond acceptors (Lipinski definition) is 2. The molecule has 3 heteroatoms. The van der Waals surface area contributed by atoms with Gasteiger partial charge in [0.15, 0.2) is 0 Å². The molecule has 0 saturated heterocycles. The molecule has 2 aromatic rings. The highest BCUT2D eigenvalue weighted by Crippen LogP contribution is 2.21. The molecule has 22 heavy (non-hydrogen) atoms. The van der Waals surface area contributed by atoms with Crippen molar-refractivity contribution in [3.05, 3.63) is 59.7 Å². The van der Waals surface area contributed by atoms with Crippen LogP contribution in [0.2, 0.25) is 0 Å². The SMILES string of the molecule is CCOc1ccc(C(=O)Nc2ccc([C@@H](C)CC)cc2)cc1. The Morgan fingerprint density at radius 1 is 1.05 bits per heavy atom. The first-order valence-corrected chi connectivity index (χ1v) is 7.78. The summed E-state index contributed by atoms with van der Waals surface area (Å²) in [5, 5.41) is 2.91. The lowest BCUT2D eigenvalue weighted by Gasteiger charge is -2.11. The highest BCUT2D eigenvalue weighted by atomic mass is 16.5.